The fraction of sp³-hybridized carbons (Fsp3) is 0.462. The van der Waals surface area contributed by atoms with E-state index in [0.717, 1.165) is 12.3 Å². The van der Waals surface area contributed by atoms with Gasteiger partial charge in [0.15, 0.2) is 9.84 Å². The zero-order valence-corrected chi connectivity index (χ0v) is 13.3. The molecule has 0 aromatic heterocycles. The number of benzene rings is 1. The summed E-state index contributed by atoms with van der Waals surface area (Å²) >= 11 is 0. The molecule has 0 saturated heterocycles. The van der Waals surface area contributed by atoms with Gasteiger partial charge in [0.1, 0.15) is 11.7 Å². The van der Waals surface area contributed by atoms with Crippen LogP contribution in [0.4, 0.5) is 11.4 Å². The molecule has 1 aromatic rings. The largest absolute Gasteiger partial charge is 0.480 e. The van der Waals surface area contributed by atoms with E-state index in [1.807, 2.05) is 6.92 Å². The zero-order valence-electron chi connectivity index (χ0n) is 12.4. The van der Waals surface area contributed by atoms with Gasteiger partial charge in [-0.3, -0.25) is 10.1 Å². The quantitative estimate of drug-likeness (QED) is 0.577. The molecule has 8 nitrogen and oxygen atoms in total. The second-order valence-corrected chi connectivity index (χ2v) is 7.07. The Kier molecular flexibility index (Phi) is 5.48. The van der Waals surface area contributed by atoms with Crippen molar-refractivity contribution in [1.82, 2.24) is 0 Å². The molecule has 2 N–H and O–H groups in total. The first kappa shape index (κ1) is 17.9. The maximum absolute atomic E-state index is 11.5. The fourth-order valence-electron chi connectivity index (χ4n) is 1.87. The van der Waals surface area contributed by atoms with Crippen LogP contribution >= 0.6 is 0 Å². The van der Waals surface area contributed by atoms with Crippen LogP contribution in [0.3, 0.4) is 0 Å². The number of carbonyl (C=O) groups is 1. The van der Waals surface area contributed by atoms with Gasteiger partial charge in [0, 0.05) is 12.3 Å². The molecular weight excluding hydrogens is 312 g/mol. The summed E-state index contributed by atoms with van der Waals surface area (Å²) in [5.74, 6) is -1.39. The summed E-state index contributed by atoms with van der Waals surface area (Å²) in [4.78, 5) is 21.5. The number of hydrogen-bond acceptors (Lipinski definition) is 6. The zero-order chi connectivity index (χ0) is 17.1. The molecule has 9 heteroatoms. The Morgan fingerprint density at radius 1 is 1.45 bits per heavy atom. The SMILES string of the molecule is CC[C@H](C)[C@H](Nc1ccc(S(C)(=O)=O)cc1[N+](=O)[O-])C(=O)O. The van der Waals surface area contributed by atoms with Crippen LogP contribution in [0, 0.1) is 16.0 Å². The molecule has 0 bridgehead atoms. The van der Waals surface area contributed by atoms with Crippen LogP contribution in [-0.4, -0.2) is 36.7 Å². The summed E-state index contributed by atoms with van der Waals surface area (Å²) in [6.07, 6.45) is 1.51. The van der Waals surface area contributed by atoms with E-state index in [0.29, 0.717) is 6.42 Å². The van der Waals surface area contributed by atoms with Crippen molar-refractivity contribution in [2.75, 3.05) is 11.6 Å². The number of nitrogens with one attached hydrogen (secondary N) is 1. The second kappa shape index (κ2) is 6.73. The topological polar surface area (TPSA) is 127 Å². The molecule has 22 heavy (non-hydrogen) atoms. The van der Waals surface area contributed by atoms with E-state index in [2.05, 4.69) is 5.32 Å². The van der Waals surface area contributed by atoms with Crippen LogP contribution in [0.1, 0.15) is 20.3 Å². The third-order valence-corrected chi connectivity index (χ3v) is 4.49. The molecule has 0 radical (unpaired) electrons. The predicted octanol–water partition coefficient (Wildman–Crippen LogP) is 1.91. The molecule has 0 heterocycles. The maximum atomic E-state index is 11.5. The molecule has 1 rings (SSSR count). The lowest BCUT2D eigenvalue weighted by Crippen LogP contribution is -2.35. The van der Waals surface area contributed by atoms with Gasteiger partial charge in [0.05, 0.1) is 9.82 Å². The van der Waals surface area contributed by atoms with Gasteiger partial charge >= 0.3 is 5.97 Å². The number of rotatable bonds is 7. The molecule has 0 spiro atoms. The summed E-state index contributed by atoms with van der Waals surface area (Å²) in [5, 5.41) is 23.0. The van der Waals surface area contributed by atoms with Gasteiger partial charge in [0.2, 0.25) is 0 Å². The smallest absolute Gasteiger partial charge is 0.326 e. The summed E-state index contributed by atoms with van der Waals surface area (Å²) in [7, 11) is -3.59. The van der Waals surface area contributed by atoms with Crippen LogP contribution in [0.2, 0.25) is 0 Å². The Hall–Kier alpha value is -2.16. The highest BCUT2D eigenvalue weighted by molar-refractivity contribution is 7.90. The van der Waals surface area contributed by atoms with E-state index in [1.54, 1.807) is 6.92 Å². The van der Waals surface area contributed by atoms with Gasteiger partial charge in [-0.2, -0.15) is 0 Å². The Bertz CT molecular complexity index is 686. The lowest BCUT2D eigenvalue weighted by atomic mass is 9.99. The fourth-order valence-corrected chi connectivity index (χ4v) is 2.51. The minimum atomic E-state index is -3.59. The molecule has 2 atom stereocenters. The standard InChI is InChI=1S/C13H18N2O6S/c1-4-8(2)12(13(16)17)14-10-6-5-9(22(3,20)21)7-11(10)15(18)19/h5-8,12,14H,4H2,1-3H3,(H,16,17)/t8-,12-/m0/s1. The van der Waals surface area contributed by atoms with Gasteiger partial charge in [-0.25, -0.2) is 13.2 Å². The number of sulfone groups is 1. The first-order valence-electron chi connectivity index (χ1n) is 6.55. The summed E-state index contributed by atoms with van der Waals surface area (Å²) < 4.78 is 22.9. The van der Waals surface area contributed by atoms with Gasteiger partial charge < -0.3 is 10.4 Å². The molecule has 0 amide bonds. The van der Waals surface area contributed by atoms with Crippen LogP contribution in [0.25, 0.3) is 0 Å². The highest BCUT2D eigenvalue weighted by atomic mass is 32.2. The van der Waals surface area contributed by atoms with E-state index >= 15 is 0 Å². The van der Waals surface area contributed by atoms with E-state index in [9.17, 15) is 28.4 Å². The number of carboxylic acid groups (broad SMARTS) is 1. The summed E-state index contributed by atoms with van der Waals surface area (Å²) in [6, 6.07) is 2.34. The number of hydrogen-bond donors (Lipinski definition) is 2. The highest BCUT2D eigenvalue weighted by Crippen LogP contribution is 2.29. The number of carboxylic acids is 1. The lowest BCUT2D eigenvalue weighted by Gasteiger charge is -2.21. The Morgan fingerprint density at radius 2 is 2.05 bits per heavy atom. The Morgan fingerprint density at radius 3 is 2.45 bits per heavy atom. The third kappa shape index (κ3) is 4.17. The Balaban J connectivity index is 3.30. The van der Waals surface area contributed by atoms with Crippen molar-refractivity contribution in [3.8, 4) is 0 Å². The molecule has 1 aromatic carbocycles. The maximum Gasteiger partial charge on any atom is 0.326 e. The summed E-state index contributed by atoms with van der Waals surface area (Å²) in [6.45, 7) is 3.52. The number of nitro groups is 1. The van der Waals surface area contributed by atoms with Crippen LogP contribution < -0.4 is 5.32 Å². The minimum Gasteiger partial charge on any atom is -0.480 e. The van der Waals surface area contributed by atoms with Gasteiger partial charge in [-0.1, -0.05) is 20.3 Å². The normalized spacial score (nSPS) is 14.1. The minimum absolute atomic E-state index is 0.0231. The number of anilines is 1. The molecule has 0 aliphatic carbocycles. The average molecular weight is 330 g/mol. The van der Waals surface area contributed by atoms with E-state index in [4.69, 9.17) is 0 Å². The molecule has 0 unspecified atom stereocenters. The summed E-state index contributed by atoms with van der Waals surface area (Å²) in [5.41, 5.74) is -0.498. The van der Waals surface area contributed by atoms with Crippen molar-refractivity contribution in [3.05, 3.63) is 28.3 Å². The predicted molar refractivity (Wildman–Crippen MR) is 80.7 cm³/mol. The number of nitro benzene ring substituents is 1. The van der Waals surface area contributed by atoms with Crippen LogP contribution in [0.5, 0.6) is 0 Å². The average Bonchev–Trinajstić information content (AvgIpc) is 2.42. The first-order chi connectivity index (χ1) is 10.1. The molecule has 0 aliphatic heterocycles. The molecule has 0 fully saturated rings. The third-order valence-electron chi connectivity index (χ3n) is 3.38. The highest BCUT2D eigenvalue weighted by Gasteiger charge is 2.27. The number of nitrogens with zero attached hydrogens (tertiary/aromatic N) is 1. The van der Waals surface area contributed by atoms with Crippen molar-refractivity contribution in [1.29, 1.82) is 0 Å². The van der Waals surface area contributed by atoms with Gasteiger partial charge in [-0.15, -0.1) is 0 Å². The lowest BCUT2D eigenvalue weighted by molar-refractivity contribution is -0.384. The second-order valence-electron chi connectivity index (χ2n) is 5.05. The van der Waals surface area contributed by atoms with Crippen LogP contribution in [-0.2, 0) is 14.6 Å². The Labute approximate surface area is 128 Å². The van der Waals surface area contributed by atoms with Crippen molar-refractivity contribution < 1.29 is 23.2 Å². The molecule has 0 aliphatic rings. The first-order valence-corrected chi connectivity index (χ1v) is 8.45. The van der Waals surface area contributed by atoms with Gasteiger partial charge in [-0.05, 0) is 18.1 Å². The molecular formula is C13H18N2O6S. The van der Waals surface area contributed by atoms with Crippen molar-refractivity contribution in [2.24, 2.45) is 5.92 Å². The monoisotopic (exact) mass is 330 g/mol. The van der Waals surface area contributed by atoms with Crippen molar-refractivity contribution in [3.63, 3.8) is 0 Å². The molecule has 122 valence electrons. The molecule has 0 saturated carbocycles. The number of aliphatic carboxylic acids is 1. The van der Waals surface area contributed by atoms with Crippen molar-refractivity contribution in [2.45, 2.75) is 31.2 Å². The van der Waals surface area contributed by atoms with Crippen LogP contribution in [0.15, 0.2) is 23.1 Å². The van der Waals surface area contributed by atoms with E-state index < -0.39 is 32.5 Å². The van der Waals surface area contributed by atoms with Gasteiger partial charge in [0.25, 0.3) is 5.69 Å². The van der Waals surface area contributed by atoms with Crippen molar-refractivity contribution >= 4 is 27.2 Å². The van der Waals surface area contributed by atoms with E-state index in [-0.39, 0.29) is 16.5 Å². The van der Waals surface area contributed by atoms with E-state index in [1.165, 1.54) is 12.1 Å².